The molecule has 0 aliphatic carbocycles. The summed E-state index contributed by atoms with van der Waals surface area (Å²) in [6, 6.07) is 50.5. The van der Waals surface area contributed by atoms with Crippen molar-refractivity contribution in [3.05, 3.63) is 158 Å². The monoisotopic (exact) mass is 586 g/mol. The number of nitrogens with zero attached hydrogens (tertiary/aromatic N) is 4. The fourth-order valence-electron chi connectivity index (χ4n) is 6.41. The minimum absolute atomic E-state index is 0.856. The summed E-state index contributed by atoms with van der Waals surface area (Å²) in [5.74, 6) is 0. The molecule has 0 fully saturated rings. The molecule has 0 amide bonds. The second kappa shape index (κ2) is 10.7. The van der Waals surface area contributed by atoms with E-state index in [1.54, 1.807) is 0 Å². The van der Waals surface area contributed by atoms with Crippen LogP contribution in [0, 0.1) is 0 Å². The summed E-state index contributed by atoms with van der Waals surface area (Å²) in [6.07, 6.45) is 3.84. The smallest absolute Gasteiger partial charge is 0.0978 e. The molecule has 46 heavy (non-hydrogen) atoms. The van der Waals surface area contributed by atoms with Crippen molar-refractivity contribution >= 4 is 43.6 Å². The van der Waals surface area contributed by atoms with Crippen molar-refractivity contribution in [2.75, 3.05) is 0 Å². The summed E-state index contributed by atoms with van der Waals surface area (Å²) in [7, 11) is 0. The van der Waals surface area contributed by atoms with E-state index in [1.807, 2.05) is 60.9 Å². The minimum atomic E-state index is 0.856. The van der Waals surface area contributed by atoms with Crippen LogP contribution in [0.5, 0.6) is 0 Å². The fourth-order valence-corrected chi connectivity index (χ4v) is 6.41. The Hall–Kier alpha value is -6.26. The summed E-state index contributed by atoms with van der Waals surface area (Å²) in [4.78, 5) is 20.3. The zero-order valence-electron chi connectivity index (χ0n) is 24.8. The van der Waals surface area contributed by atoms with Gasteiger partial charge < -0.3 is 0 Å². The van der Waals surface area contributed by atoms with E-state index >= 15 is 0 Å². The number of pyridine rings is 4. The van der Waals surface area contributed by atoms with Crippen LogP contribution in [-0.4, -0.2) is 19.9 Å². The van der Waals surface area contributed by atoms with Crippen LogP contribution < -0.4 is 0 Å². The average molecular weight is 587 g/mol. The molecule has 9 aromatic rings. The molecule has 214 valence electrons. The van der Waals surface area contributed by atoms with Crippen LogP contribution in [0.1, 0.15) is 0 Å². The summed E-state index contributed by atoms with van der Waals surface area (Å²) >= 11 is 0. The molecule has 0 unspecified atom stereocenters. The van der Waals surface area contributed by atoms with E-state index in [1.165, 1.54) is 0 Å². The van der Waals surface area contributed by atoms with Gasteiger partial charge in [0.2, 0.25) is 0 Å². The van der Waals surface area contributed by atoms with Gasteiger partial charge in [0.15, 0.2) is 0 Å². The van der Waals surface area contributed by atoms with Gasteiger partial charge in [0, 0.05) is 45.1 Å². The van der Waals surface area contributed by atoms with Gasteiger partial charge in [-0.05, 0) is 58.7 Å². The maximum absolute atomic E-state index is 5.37. The summed E-state index contributed by atoms with van der Waals surface area (Å²) in [5, 5.41) is 4.27. The second-order valence-corrected chi connectivity index (χ2v) is 11.5. The Kier molecular flexibility index (Phi) is 6.10. The molecule has 0 aliphatic heterocycles. The van der Waals surface area contributed by atoms with Crippen LogP contribution in [0.15, 0.2) is 158 Å². The van der Waals surface area contributed by atoms with Crippen molar-refractivity contribution in [3.63, 3.8) is 0 Å². The Morgan fingerprint density at radius 3 is 1.22 bits per heavy atom. The van der Waals surface area contributed by atoms with Crippen LogP contribution in [0.25, 0.3) is 88.4 Å². The lowest BCUT2D eigenvalue weighted by Gasteiger charge is -2.15. The summed E-state index contributed by atoms with van der Waals surface area (Å²) in [6.45, 7) is 0. The van der Waals surface area contributed by atoms with Gasteiger partial charge in [0.05, 0.1) is 33.5 Å². The molecule has 4 aromatic heterocycles. The first-order valence-electron chi connectivity index (χ1n) is 15.4. The maximum Gasteiger partial charge on any atom is 0.0978 e. The predicted molar refractivity (Wildman–Crippen MR) is 189 cm³/mol. The van der Waals surface area contributed by atoms with E-state index in [-0.39, 0.29) is 0 Å². The molecular formula is C42H26N4. The Balaban J connectivity index is 1.38. The number of aromatic nitrogens is 4. The topological polar surface area (TPSA) is 51.6 Å². The molecule has 9 rings (SSSR count). The van der Waals surface area contributed by atoms with Crippen LogP contribution >= 0.6 is 0 Å². The first kappa shape index (κ1) is 26.2. The van der Waals surface area contributed by atoms with Gasteiger partial charge in [-0.25, -0.2) is 9.97 Å². The highest BCUT2D eigenvalue weighted by molar-refractivity contribution is 6.13. The molecule has 4 heteroatoms. The van der Waals surface area contributed by atoms with Gasteiger partial charge in [0.25, 0.3) is 0 Å². The molecule has 0 N–H and O–H groups in total. The zero-order valence-corrected chi connectivity index (χ0v) is 24.8. The van der Waals surface area contributed by atoms with Gasteiger partial charge >= 0.3 is 0 Å². The van der Waals surface area contributed by atoms with Crippen molar-refractivity contribution in [2.24, 2.45) is 0 Å². The van der Waals surface area contributed by atoms with Crippen molar-refractivity contribution < 1.29 is 0 Å². The van der Waals surface area contributed by atoms with E-state index in [9.17, 15) is 0 Å². The molecule has 0 bridgehead atoms. The van der Waals surface area contributed by atoms with Crippen LogP contribution in [0.3, 0.4) is 0 Å². The third-order valence-corrected chi connectivity index (χ3v) is 8.70. The summed E-state index contributed by atoms with van der Waals surface area (Å²) < 4.78 is 0. The SMILES string of the molecule is c1ccc(-c2cc(-c3cnc4ccccc4c3)nc3c2ccc2c(-c4ccccc4)cc(-c4cnc5ccccc5c4)nc23)cc1. The zero-order chi connectivity index (χ0) is 30.5. The van der Waals surface area contributed by atoms with Gasteiger partial charge in [-0.3, -0.25) is 9.97 Å². The third kappa shape index (κ3) is 4.47. The largest absolute Gasteiger partial charge is 0.256 e. The number of hydrogen-bond acceptors (Lipinski definition) is 4. The molecule has 4 heterocycles. The minimum Gasteiger partial charge on any atom is -0.256 e. The van der Waals surface area contributed by atoms with Gasteiger partial charge in [-0.2, -0.15) is 0 Å². The van der Waals surface area contributed by atoms with E-state index in [4.69, 9.17) is 19.9 Å². The molecule has 0 saturated carbocycles. The lowest BCUT2D eigenvalue weighted by atomic mass is 9.94. The first-order valence-corrected chi connectivity index (χ1v) is 15.4. The normalized spacial score (nSPS) is 11.5. The van der Waals surface area contributed by atoms with E-state index in [0.29, 0.717) is 0 Å². The van der Waals surface area contributed by atoms with E-state index in [2.05, 4.69) is 97.1 Å². The van der Waals surface area contributed by atoms with Crippen LogP contribution in [0.4, 0.5) is 0 Å². The maximum atomic E-state index is 5.37. The Morgan fingerprint density at radius 2 is 0.761 bits per heavy atom. The molecule has 0 saturated heterocycles. The van der Waals surface area contributed by atoms with Gasteiger partial charge in [-0.1, -0.05) is 109 Å². The number of fused-ring (bicyclic) bond motifs is 5. The first-order chi connectivity index (χ1) is 22.8. The highest BCUT2D eigenvalue weighted by Crippen LogP contribution is 2.39. The average Bonchev–Trinajstić information content (AvgIpc) is 3.14. The quantitative estimate of drug-likeness (QED) is 0.193. The lowest BCUT2D eigenvalue weighted by molar-refractivity contribution is 1.33. The number of rotatable bonds is 4. The third-order valence-electron chi connectivity index (χ3n) is 8.70. The molecular weight excluding hydrogens is 560 g/mol. The number of para-hydroxylation sites is 2. The predicted octanol–water partition coefficient (Wildman–Crippen LogP) is 10.5. The second-order valence-electron chi connectivity index (χ2n) is 11.5. The molecule has 4 nitrogen and oxygen atoms in total. The summed E-state index contributed by atoms with van der Waals surface area (Å²) in [5.41, 5.74) is 11.8. The Bertz CT molecular complexity index is 2400. The molecule has 0 radical (unpaired) electrons. The van der Waals surface area contributed by atoms with Gasteiger partial charge in [0.1, 0.15) is 0 Å². The molecule has 5 aromatic carbocycles. The fraction of sp³-hybridized carbons (Fsp3) is 0. The Labute approximate surface area is 265 Å². The molecule has 0 atom stereocenters. The van der Waals surface area contributed by atoms with Crippen molar-refractivity contribution in [1.29, 1.82) is 0 Å². The lowest BCUT2D eigenvalue weighted by Crippen LogP contribution is -1.96. The van der Waals surface area contributed by atoms with Crippen LogP contribution in [0.2, 0.25) is 0 Å². The van der Waals surface area contributed by atoms with Crippen LogP contribution in [-0.2, 0) is 0 Å². The van der Waals surface area contributed by atoms with Crippen molar-refractivity contribution in [1.82, 2.24) is 19.9 Å². The highest BCUT2D eigenvalue weighted by atomic mass is 14.8. The van der Waals surface area contributed by atoms with E-state index in [0.717, 1.165) is 88.4 Å². The Morgan fingerprint density at radius 1 is 0.348 bits per heavy atom. The van der Waals surface area contributed by atoms with Gasteiger partial charge in [-0.15, -0.1) is 0 Å². The van der Waals surface area contributed by atoms with E-state index < -0.39 is 0 Å². The number of benzene rings is 5. The molecule has 0 spiro atoms. The van der Waals surface area contributed by atoms with Crippen molar-refractivity contribution in [3.8, 4) is 44.8 Å². The standard InChI is InChI=1S/C42H26N4/c1-3-11-27(12-4-1)35-23-39(31-21-29-15-7-9-17-37(29)43-25-31)45-41-33(35)19-20-34-36(28-13-5-2-6-14-28)24-40(46-42(34)41)32-22-30-16-8-10-18-38(30)44-26-32/h1-26H. The number of hydrogen-bond donors (Lipinski definition) is 0. The highest BCUT2D eigenvalue weighted by Gasteiger charge is 2.17. The van der Waals surface area contributed by atoms with Crippen molar-refractivity contribution in [2.45, 2.75) is 0 Å². The molecule has 0 aliphatic rings.